The van der Waals surface area contributed by atoms with Crippen LogP contribution in [0.3, 0.4) is 0 Å². The van der Waals surface area contributed by atoms with Gasteiger partial charge in [0.15, 0.2) is 11.0 Å². The number of hydrogen-bond donors (Lipinski definition) is 1. The summed E-state index contributed by atoms with van der Waals surface area (Å²) in [6.07, 6.45) is 0. The first-order valence-corrected chi connectivity index (χ1v) is 6.60. The van der Waals surface area contributed by atoms with Crippen molar-refractivity contribution in [3.05, 3.63) is 52.4 Å². The fourth-order valence-corrected chi connectivity index (χ4v) is 2.12. The number of halogens is 1. The lowest BCUT2D eigenvalue weighted by Gasteiger charge is -2.17. The van der Waals surface area contributed by atoms with Crippen LogP contribution in [0.25, 0.3) is 0 Å². The summed E-state index contributed by atoms with van der Waals surface area (Å²) in [7, 11) is 1.61. The van der Waals surface area contributed by atoms with Crippen molar-refractivity contribution in [1.82, 2.24) is 5.32 Å². The molecule has 1 N–H and O–H groups in total. The monoisotopic (exact) mass is 293 g/mol. The van der Waals surface area contributed by atoms with E-state index in [-0.39, 0.29) is 22.9 Å². The molecule has 4 nitrogen and oxygen atoms in total. The van der Waals surface area contributed by atoms with E-state index in [4.69, 9.17) is 20.8 Å². The standard InChI is InChI=1S/C15H16ClNO3/c1-9-4-5-12(19-3)11(8-9)10(2)17-15(18)13-6-7-14(16)20-13/h4-8,10H,1-3H3,(H,17,18). The third kappa shape index (κ3) is 3.14. The fraction of sp³-hybridized carbons (Fsp3) is 0.267. The van der Waals surface area contributed by atoms with Gasteiger partial charge in [0.25, 0.3) is 5.91 Å². The van der Waals surface area contributed by atoms with Gasteiger partial charge in [-0.05, 0) is 43.6 Å². The number of ether oxygens (including phenoxy) is 1. The molecule has 0 aliphatic heterocycles. The number of carbonyl (C=O) groups is 1. The SMILES string of the molecule is COc1ccc(C)cc1C(C)NC(=O)c1ccc(Cl)o1. The zero-order valence-electron chi connectivity index (χ0n) is 11.6. The summed E-state index contributed by atoms with van der Waals surface area (Å²) < 4.78 is 10.4. The van der Waals surface area contributed by atoms with Gasteiger partial charge >= 0.3 is 0 Å². The average molecular weight is 294 g/mol. The Morgan fingerprint density at radius 1 is 1.35 bits per heavy atom. The largest absolute Gasteiger partial charge is 0.496 e. The summed E-state index contributed by atoms with van der Waals surface area (Å²) in [5, 5.41) is 3.05. The molecule has 0 aliphatic rings. The first-order valence-electron chi connectivity index (χ1n) is 6.22. The number of carbonyl (C=O) groups excluding carboxylic acids is 1. The van der Waals surface area contributed by atoms with Crippen LogP contribution in [0.4, 0.5) is 0 Å². The van der Waals surface area contributed by atoms with E-state index in [1.54, 1.807) is 7.11 Å². The molecule has 1 unspecified atom stereocenters. The minimum absolute atomic E-state index is 0.188. The van der Waals surface area contributed by atoms with Crippen LogP contribution in [-0.4, -0.2) is 13.0 Å². The van der Waals surface area contributed by atoms with Crippen LogP contribution in [0.1, 0.15) is 34.6 Å². The Morgan fingerprint density at radius 2 is 2.10 bits per heavy atom. The van der Waals surface area contributed by atoms with E-state index >= 15 is 0 Å². The summed E-state index contributed by atoms with van der Waals surface area (Å²) in [4.78, 5) is 12.0. The van der Waals surface area contributed by atoms with Crippen molar-refractivity contribution in [1.29, 1.82) is 0 Å². The smallest absolute Gasteiger partial charge is 0.287 e. The van der Waals surface area contributed by atoms with Crippen molar-refractivity contribution in [2.75, 3.05) is 7.11 Å². The molecule has 0 spiro atoms. The third-order valence-electron chi connectivity index (χ3n) is 3.00. The van der Waals surface area contributed by atoms with Crippen molar-refractivity contribution in [2.45, 2.75) is 19.9 Å². The van der Waals surface area contributed by atoms with E-state index in [1.165, 1.54) is 12.1 Å². The lowest BCUT2D eigenvalue weighted by molar-refractivity contribution is 0.0911. The van der Waals surface area contributed by atoms with Gasteiger partial charge in [0, 0.05) is 5.56 Å². The summed E-state index contributed by atoms with van der Waals surface area (Å²) in [6, 6.07) is 8.70. The van der Waals surface area contributed by atoms with Crippen molar-refractivity contribution < 1.29 is 13.9 Å². The summed E-state index contributed by atoms with van der Waals surface area (Å²) in [6.45, 7) is 3.88. The maximum Gasteiger partial charge on any atom is 0.287 e. The van der Waals surface area contributed by atoms with Crippen LogP contribution in [0.15, 0.2) is 34.7 Å². The van der Waals surface area contributed by atoms with Gasteiger partial charge in [0.2, 0.25) is 0 Å². The minimum Gasteiger partial charge on any atom is -0.496 e. The van der Waals surface area contributed by atoms with Crippen molar-refractivity contribution in [3.63, 3.8) is 0 Å². The number of hydrogen-bond acceptors (Lipinski definition) is 3. The molecule has 1 heterocycles. The van der Waals surface area contributed by atoms with Crippen molar-refractivity contribution in [2.24, 2.45) is 0 Å². The van der Waals surface area contributed by atoms with E-state index < -0.39 is 0 Å². The first-order chi connectivity index (χ1) is 9.51. The molecule has 2 aromatic rings. The predicted molar refractivity (Wildman–Crippen MR) is 77.3 cm³/mol. The zero-order valence-corrected chi connectivity index (χ0v) is 12.3. The third-order valence-corrected chi connectivity index (χ3v) is 3.20. The van der Waals surface area contributed by atoms with Crippen LogP contribution < -0.4 is 10.1 Å². The Morgan fingerprint density at radius 3 is 2.70 bits per heavy atom. The highest BCUT2D eigenvalue weighted by Gasteiger charge is 2.17. The first kappa shape index (κ1) is 14.5. The Kier molecular flexibility index (Phi) is 4.35. The van der Waals surface area contributed by atoms with E-state index in [2.05, 4.69) is 5.32 Å². The van der Waals surface area contributed by atoms with Crippen molar-refractivity contribution in [3.8, 4) is 5.75 Å². The van der Waals surface area contributed by atoms with Gasteiger partial charge in [-0.15, -0.1) is 0 Å². The fourth-order valence-electron chi connectivity index (χ4n) is 1.97. The van der Waals surface area contributed by atoms with Gasteiger partial charge in [0.05, 0.1) is 13.2 Å². The maximum atomic E-state index is 12.0. The molecule has 1 amide bonds. The number of rotatable bonds is 4. The summed E-state index contributed by atoms with van der Waals surface area (Å²) >= 11 is 5.66. The van der Waals surface area contributed by atoms with Crippen LogP contribution in [0, 0.1) is 6.92 Å². The molecule has 1 aromatic heterocycles. The number of amides is 1. The molecule has 0 saturated carbocycles. The van der Waals surface area contributed by atoms with Crippen LogP contribution in [0.5, 0.6) is 5.75 Å². The number of methoxy groups -OCH3 is 1. The highest BCUT2D eigenvalue weighted by atomic mass is 35.5. The molecule has 5 heteroatoms. The molecule has 0 aliphatic carbocycles. The van der Waals surface area contributed by atoms with E-state index in [0.717, 1.165) is 16.9 Å². The second-order valence-electron chi connectivity index (χ2n) is 4.54. The molecule has 1 atom stereocenters. The molecule has 0 bridgehead atoms. The van der Waals surface area contributed by atoms with Crippen LogP contribution >= 0.6 is 11.6 Å². The zero-order chi connectivity index (χ0) is 14.7. The van der Waals surface area contributed by atoms with Gasteiger partial charge in [-0.1, -0.05) is 17.7 Å². The highest BCUT2D eigenvalue weighted by molar-refractivity contribution is 6.29. The number of furan rings is 1. The highest BCUT2D eigenvalue weighted by Crippen LogP contribution is 2.26. The van der Waals surface area contributed by atoms with Gasteiger partial charge in [-0.3, -0.25) is 4.79 Å². The number of nitrogens with one attached hydrogen (secondary N) is 1. The molecule has 2 rings (SSSR count). The molecular weight excluding hydrogens is 278 g/mol. The normalized spacial score (nSPS) is 12.0. The van der Waals surface area contributed by atoms with Gasteiger partial charge in [-0.25, -0.2) is 0 Å². The van der Waals surface area contributed by atoms with Crippen molar-refractivity contribution >= 4 is 17.5 Å². The lowest BCUT2D eigenvalue weighted by Crippen LogP contribution is -2.26. The number of benzene rings is 1. The average Bonchev–Trinajstić information content (AvgIpc) is 2.85. The minimum atomic E-state index is -0.312. The Bertz CT molecular complexity index is 621. The molecule has 1 aromatic carbocycles. The molecule has 20 heavy (non-hydrogen) atoms. The Hall–Kier alpha value is -1.94. The van der Waals surface area contributed by atoms with Gasteiger partial charge in [0.1, 0.15) is 5.75 Å². The topological polar surface area (TPSA) is 51.5 Å². The van der Waals surface area contributed by atoms with E-state index in [1.807, 2.05) is 32.0 Å². The Balaban J connectivity index is 2.17. The van der Waals surface area contributed by atoms with Gasteiger partial charge < -0.3 is 14.5 Å². The molecule has 0 radical (unpaired) electrons. The van der Waals surface area contributed by atoms with E-state index in [9.17, 15) is 4.79 Å². The van der Waals surface area contributed by atoms with Crippen LogP contribution in [0.2, 0.25) is 5.22 Å². The second-order valence-corrected chi connectivity index (χ2v) is 4.92. The van der Waals surface area contributed by atoms with Gasteiger partial charge in [-0.2, -0.15) is 0 Å². The Labute approximate surface area is 122 Å². The molecule has 0 saturated heterocycles. The second kappa shape index (κ2) is 6.01. The summed E-state index contributed by atoms with van der Waals surface area (Å²) in [5.74, 6) is 0.613. The predicted octanol–water partition coefficient (Wildman–Crippen LogP) is 3.74. The molecular formula is C15H16ClNO3. The van der Waals surface area contributed by atoms with E-state index in [0.29, 0.717) is 0 Å². The lowest BCUT2D eigenvalue weighted by atomic mass is 10.0. The molecule has 0 fully saturated rings. The quantitative estimate of drug-likeness (QED) is 0.934. The maximum absolute atomic E-state index is 12.0. The van der Waals surface area contributed by atoms with Crippen LogP contribution in [-0.2, 0) is 0 Å². The number of aryl methyl sites for hydroxylation is 1. The molecule has 106 valence electrons. The summed E-state index contributed by atoms with van der Waals surface area (Å²) in [5.41, 5.74) is 2.02.